The Bertz CT molecular complexity index is 778. The van der Waals surface area contributed by atoms with Crippen molar-refractivity contribution >= 4 is 17.7 Å². The monoisotopic (exact) mass is 372 g/mol. The van der Waals surface area contributed by atoms with Crippen molar-refractivity contribution < 1.29 is 14.7 Å². The zero-order valence-corrected chi connectivity index (χ0v) is 16.3. The molecule has 1 aromatic heterocycles. The van der Waals surface area contributed by atoms with E-state index in [1.165, 1.54) is 0 Å². The number of nitrogens with zero attached hydrogens (tertiary/aromatic N) is 2. The fraction of sp³-hybridized carbons (Fsp3) is 0.450. The SMILES string of the molecule is CCCC(NCC(=O)Nc1cc(C(C)(C)C)nn1-c1ccccc1)C(=O)O. The lowest BCUT2D eigenvalue weighted by atomic mass is 9.92. The summed E-state index contributed by atoms with van der Waals surface area (Å²) in [6, 6.07) is 10.7. The summed E-state index contributed by atoms with van der Waals surface area (Å²) in [5.41, 5.74) is 1.52. The number of carboxylic acid groups (broad SMARTS) is 1. The molecule has 1 unspecified atom stereocenters. The number of nitrogens with one attached hydrogen (secondary N) is 2. The second kappa shape index (κ2) is 8.81. The van der Waals surface area contributed by atoms with E-state index in [4.69, 9.17) is 0 Å². The summed E-state index contributed by atoms with van der Waals surface area (Å²) in [7, 11) is 0. The van der Waals surface area contributed by atoms with E-state index in [0.29, 0.717) is 12.2 Å². The molecule has 146 valence electrons. The molecule has 1 heterocycles. The van der Waals surface area contributed by atoms with Crippen molar-refractivity contribution in [2.24, 2.45) is 0 Å². The summed E-state index contributed by atoms with van der Waals surface area (Å²) in [6.45, 7) is 7.99. The van der Waals surface area contributed by atoms with Gasteiger partial charge in [0, 0.05) is 11.5 Å². The van der Waals surface area contributed by atoms with Crippen LogP contribution < -0.4 is 10.6 Å². The maximum Gasteiger partial charge on any atom is 0.320 e. The number of aromatic nitrogens is 2. The van der Waals surface area contributed by atoms with E-state index < -0.39 is 12.0 Å². The molecule has 0 aliphatic heterocycles. The van der Waals surface area contributed by atoms with Gasteiger partial charge in [-0.3, -0.25) is 14.9 Å². The first-order chi connectivity index (χ1) is 12.7. The zero-order valence-electron chi connectivity index (χ0n) is 16.3. The fourth-order valence-corrected chi connectivity index (χ4v) is 2.61. The predicted molar refractivity (Wildman–Crippen MR) is 105 cm³/mol. The minimum absolute atomic E-state index is 0.0816. The average Bonchev–Trinajstić information content (AvgIpc) is 3.03. The molecule has 0 saturated heterocycles. The van der Waals surface area contributed by atoms with Crippen molar-refractivity contribution in [1.29, 1.82) is 0 Å². The highest BCUT2D eigenvalue weighted by Crippen LogP contribution is 2.26. The van der Waals surface area contributed by atoms with Gasteiger partial charge in [0.05, 0.1) is 17.9 Å². The van der Waals surface area contributed by atoms with Crippen LogP contribution in [0.25, 0.3) is 5.69 Å². The molecule has 0 aliphatic rings. The standard InChI is InChI=1S/C20H28N4O3/c1-5-9-15(19(26)27)21-13-18(25)22-17-12-16(20(2,3)4)23-24(17)14-10-7-6-8-11-14/h6-8,10-12,15,21H,5,9,13H2,1-4H3,(H,22,25)(H,26,27). The normalized spacial score (nSPS) is 12.6. The quantitative estimate of drug-likeness (QED) is 0.662. The summed E-state index contributed by atoms with van der Waals surface area (Å²) in [5.74, 6) is -0.704. The predicted octanol–water partition coefficient (Wildman–Crippen LogP) is 2.95. The Morgan fingerprint density at radius 1 is 1.22 bits per heavy atom. The highest BCUT2D eigenvalue weighted by Gasteiger charge is 2.22. The molecule has 0 saturated carbocycles. The topological polar surface area (TPSA) is 96.3 Å². The number of aliphatic carboxylic acids is 1. The van der Waals surface area contributed by atoms with Gasteiger partial charge >= 0.3 is 5.97 Å². The van der Waals surface area contributed by atoms with Crippen molar-refractivity contribution in [3.05, 3.63) is 42.1 Å². The number of para-hydroxylation sites is 1. The molecule has 27 heavy (non-hydrogen) atoms. The highest BCUT2D eigenvalue weighted by molar-refractivity contribution is 5.92. The lowest BCUT2D eigenvalue weighted by Crippen LogP contribution is -2.41. The Hall–Kier alpha value is -2.67. The third-order valence-electron chi connectivity index (χ3n) is 4.13. The van der Waals surface area contributed by atoms with Crippen LogP contribution in [0, 0.1) is 0 Å². The Kier molecular flexibility index (Phi) is 6.74. The Balaban J connectivity index is 2.18. The van der Waals surface area contributed by atoms with E-state index >= 15 is 0 Å². The smallest absolute Gasteiger partial charge is 0.320 e. The van der Waals surface area contributed by atoms with Gasteiger partial charge in [0.15, 0.2) is 0 Å². The Labute approximate surface area is 159 Å². The molecule has 7 heteroatoms. The van der Waals surface area contributed by atoms with Crippen LogP contribution in [0.2, 0.25) is 0 Å². The second-order valence-electron chi connectivity index (χ2n) is 7.52. The lowest BCUT2D eigenvalue weighted by molar-refractivity contribution is -0.139. The maximum absolute atomic E-state index is 12.4. The first-order valence-electron chi connectivity index (χ1n) is 9.14. The summed E-state index contributed by atoms with van der Waals surface area (Å²) >= 11 is 0. The van der Waals surface area contributed by atoms with Crippen LogP contribution in [0.4, 0.5) is 5.82 Å². The van der Waals surface area contributed by atoms with Crippen LogP contribution in [0.1, 0.15) is 46.2 Å². The van der Waals surface area contributed by atoms with Gasteiger partial charge in [-0.05, 0) is 18.6 Å². The number of amides is 1. The highest BCUT2D eigenvalue weighted by atomic mass is 16.4. The number of rotatable bonds is 8. The molecule has 0 bridgehead atoms. The van der Waals surface area contributed by atoms with E-state index in [1.807, 2.05) is 43.3 Å². The molecule has 7 nitrogen and oxygen atoms in total. The third-order valence-corrected chi connectivity index (χ3v) is 4.13. The van der Waals surface area contributed by atoms with Crippen molar-refractivity contribution in [1.82, 2.24) is 15.1 Å². The fourth-order valence-electron chi connectivity index (χ4n) is 2.61. The number of carbonyl (C=O) groups excluding carboxylic acids is 1. The second-order valence-corrected chi connectivity index (χ2v) is 7.52. The number of hydrogen-bond acceptors (Lipinski definition) is 4. The van der Waals surface area contributed by atoms with Crippen LogP contribution >= 0.6 is 0 Å². The number of carboxylic acids is 1. The lowest BCUT2D eigenvalue weighted by Gasteiger charge is -2.14. The van der Waals surface area contributed by atoms with Gasteiger partial charge in [0.1, 0.15) is 11.9 Å². The van der Waals surface area contributed by atoms with E-state index in [0.717, 1.165) is 17.8 Å². The van der Waals surface area contributed by atoms with E-state index in [9.17, 15) is 14.7 Å². The number of benzene rings is 1. The molecule has 2 rings (SSSR count). The zero-order chi connectivity index (χ0) is 20.0. The number of carbonyl (C=O) groups is 2. The molecule has 3 N–H and O–H groups in total. The maximum atomic E-state index is 12.4. The van der Waals surface area contributed by atoms with Crippen molar-refractivity contribution in [2.75, 3.05) is 11.9 Å². The van der Waals surface area contributed by atoms with Crippen LogP contribution in [-0.2, 0) is 15.0 Å². The summed E-state index contributed by atoms with van der Waals surface area (Å²) in [6.07, 6.45) is 1.19. The molecular weight excluding hydrogens is 344 g/mol. The van der Waals surface area contributed by atoms with Gasteiger partial charge in [0.25, 0.3) is 0 Å². The molecular formula is C20H28N4O3. The molecule has 1 amide bonds. The van der Waals surface area contributed by atoms with Crippen molar-refractivity contribution in [2.45, 2.75) is 52.0 Å². The minimum Gasteiger partial charge on any atom is -0.480 e. The van der Waals surface area contributed by atoms with Gasteiger partial charge < -0.3 is 10.4 Å². The number of anilines is 1. The van der Waals surface area contributed by atoms with Crippen LogP contribution in [0.15, 0.2) is 36.4 Å². The van der Waals surface area contributed by atoms with E-state index in [-0.39, 0.29) is 17.9 Å². The van der Waals surface area contributed by atoms with Gasteiger partial charge in [0.2, 0.25) is 5.91 Å². The van der Waals surface area contributed by atoms with Crippen LogP contribution in [0.5, 0.6) is 0 Å². The first-order valence-corrected chi connectivity index (χ1v) is 9.14. The largest absolute Gasteiger partial charge is 0.480 e. The summed E-state index contributed by atoms with van der Waals surface area (Å²) < 4.78 is 1.69. The minimum atomic E-state index is -0.950. The summed E-state index contributed by atoms with van der Waals surface area (Å²) in [5, 5.41) is 19.5. The summed E-state index contributed by atoms with van der Waals surface area (Å²) in [4.78, 5) is 23.6. The average molecular weight is 372 g/mol. The molecule has 0 fully saturated rings. The molecule has 0 radical (unpaired) electrons. The molecule has 2 aromatic rings. The van der Waals surface area contributed by atoms with E-state index in [1.54, 1.807) is 4.68 Å². The Morgan fingerprint density at radius 2 is 1.89 bits per heavy atom. The van der Waals surface area contributed by atoms with Gasteiger partial charge in [-0.25, -0.2) is 4.68 Å². The molecule has 0 spiro atoms. The number of hydrogen-bond donors (Lipinski definition) is 3. The van der Waals surface area contributed by atoms with Gasteiger partial charge in [-0.1, -0.05) is 52.3 Å². The molecule has 0 aliphatic carbocycles. The van der Waals surface area contributed by atoms with Gasteiger partial charge in [-0.2, -0.15) is 5.10 Å². The van der Waals surface area contributed by atoms with E-state index in [2.05, 4.69) is 36.5 Å². The molecule has 1 aromatic carbocycles. The first kappa shape index (κ1) is 20.6. The van der Waals surface area contributed by atoms with Gasteiger partial charge in [-0.15, -0.1) is 0 Å². The van der Waals surface area contributed by atoms with Crippen LogP contribution in [0.3, 0.4) is 0 Å². The van der Waals surface area contributed by atoms with Crippen molar-refractivity contribution in [3.8, 4) is 5.69 Å². The van der Waals surface area contributed by atoms with Crippen molar-refractivity contribution in [3.63, 3.8) is 0 Å². The molecule has 1 atom stereocenters. The van der Waals surface area contributed by atoms with Crippen LogP contribution in [-0.4, -0.2) is 39.4 Å². The third kappa shape index (κ3) is 5.65. The Morgan fingerprint density at radius 3 is 2.44 bits per heavy atom.